The topological polar surface area (TPSA) is 80.4 Å². The largest absolute Gasteiger partial charge is 0.495 e. The van der Waals surface area contributed by atoms with Crippen LogP contribution in [-0.2, 0) is 9.53 Å². The third-order valence-electron chi connectivity index (χ3n) is 3.52. The van der Waals surface area contributed by atoms with Crippen molar-refractivity contribution >= 4 is 40.8 Å². The number of carbonyl (C=O) groups excluding carboxylic acids is 2. The molecule has 6 nitrogen and oxygen atoms in total. The van der Waals surface area contributed by atoms with Crippen molar-refractivity contribution in [2.75, 3.05) is 19.5 Å². The molecule has 1 amide bonds. The third kappa shape index (κ3) is 2.47. The van der Waals surface area contributed by atoms with Gasteiger partial charge >= 0.3 is 5.97 Å². The van der Waals surface area contributed by atoms with Crippen LogP contribution in [-0.4, -0.2) is 31.1 Å². The molecule has 0 saturated heterocycles. The lowest BCUT2D eigenvalue weighted by Crippen LogP contribution is -2.06. The maximum Gasteiger partial charge on any atom is 0.341 e. The van der Waals surface area contributed by atoms with Gasteiger partial charge in [0.15, 0.2) is 0 Å². The van der Waals surface area contributed by atoms with Gasteiger partial charge in [-0.25, -0.2) is 4.79 Å². The van der Waals surface area contributed by atoms with Gasteiger partial charge in [-0.15, -0.1) is 0 Å². The van der Waals surface area contributed by atoms with Crippen molar-refractivity contribution in [2.45, 2.75) is 0 Å². The molecule has 118 valence electrons. The van der Waals surface area contributed by atoms with E-state index >= 15 is 0 Å². The van der Waals surface area contributed by atoms with Crippen LogP contribution in [0.2, 0.25) is 5.02 Å². The summed E-state index contributed by atoms with van der Waals surface area (Å²) in [4.78, 5) is 27.3. The number of rotatable bonds is 3. The predicted molar refractivity (Wildman–Crippen MR) is 86.6 cm³/mol. The molecule has 2 heterocycles. The number of H-pyrrole nitrogens is 1. The molecular formula is C16H13ClN2O4. The smallest absolute Gasteiger partial charge is 0.341 e. The average molecular weight is 333 g/mol. The summed E-state index contributed by atoms with van der Waals surface area (Å²) in [5.41, 5.74) is 2.11. The zero-order valence-corrected chi connectivity index (χ0v) is 13.2. The first-order valence-corrected chi connectivity index (χ1v) is 7.10. The SMILES string of the molecule is COC(=O)c1cc(Cl)c2c(c1OC)C(=Cc1ccc[nH]1)C(=O)N2. The number of aromatic amines is 1. The monoisotopic (exact) mass is 332 g/mol. The first-order valence-electron chi connectivity index (χ1n) is 6.72. The van der Waals surface area contributed by atoms with Crippen LogP contribution in [0.15, 0.2) is 24.4 Å². The molecule has 0 atom stereocenters. The van der Waals surface area contributed by atoms with E-state index in [9.17, 15) is 9.59 Å². The van der Waals surface area contributed by atoms with Crippen LogP contribution in [0.25, 0.3) is 11.6 Å². The summed E-state index contributed by atoms with van der Waals surface area (Å²) < 4.78 is 10.1. The van der Waals surface area contributed by atoms with Crippen LogP contribution in [0, 0.1) is 0 Å². The predicted octanol–water partition coefficient (Wildman–Crippen LogP) is 2.96. The molecule has 1 aliphatic rings. The minimum absolute atomic E-state index is 0.160. The zero-order valence-electron chi connectivity index (χ0n) is 12.4. The van der Waals surface area contributed by atoms with Gasteiger partial charge in [0.25, 0.3) is 5.91 Å². The quantitative estimate of drug-likeness (QED) is 0.669. The summed E-state index contributed by atoms with van der Waals surface area (Å²) in [6.07, 6.45) is 3.41. The Morgan fingerprint density at radius 1 is 1.35 bits per heavy atom. The molecule has 0 unspecified atom stereocenters. The Bertz CT molecular complexity index is 825. The number of fused-ring (bicyclic) bond motifs is 1. The van der Waals surface area contributed by atoms with Crippen molar-refractivity contribution in [2.24, 2.45) is 0 Å². The molecule has 2 aromatic rings. The molecule has 0 fully saturated rings. The number of nitrogens with one attached hydrogen (secondary N) is 2. The molecule has 0 spiro atoms. The highest BCUT2D eigenvalue weighted by Crippen LogP contribution is 2.46. The van der Waals surface area contributed by atoms with Crippen molar-refractivity contribution in [3.05, 3.63) is 46.2 Å². The number of halogens is 1. The number of aromatic nitrogens is 1. The molecule has 0 radical (unpaired) electrons. The normalized spacial score (nSPS) is 14.6. The first-order chi connectivity index (χ1) is 11.1. The minimum atomic E-state index is -0.592. The van der Waals surface area contributed by atoms with E-state index in [4.69, 9.17) is 21.1 Å². The molecule has 1 aromatic carbocycles. The maximum absolute atomic E-state index is 12.3. The van der Waals surface area contributed by atoms with Gasteiger partial charge in [0.1, 0.15) is 11.3 Å². The summed E-state index contributed by atoms with van der Waals surface area (Å²) in [6.45, 7) is 0. The molecule has 0 bridgehead atoms. The van der Waals surface area contributed by atoms with Crippen molar-refractivity contribution < 1.29 is 19.1 Å². The number of amides is 1. The summed E-state index contributed by atoms with van der Waals surface area (Å²) >= 11 is 6.20. The van der Waals surface area contributed by atoms with E-state index in [0.29, 0.717) is 16.8 Å². The minimum Gasteiger partial charge on any atom is -0.495 e. The van der Waals surface area contributed by atoms with Crippen molar-refractivity contribution in [3.8, 4) is 5.75 Å². The van der Waals surface area contributed by atoms with Gasteiger partial charge in [0, 0.05) is 11.9 Å². The molecule has 2 N–H and O–H groups in total. The van der Waals surface area contributed by atoms with Crippen molar-refractivity contribution in [3.63, 3.8) is 0 Å². The summed E-state index contributed by atoms with van der Waals surface area (Å²) in [5.74, 6) is -0.672. The fraction of sp³-hybridized carbons (Fsp3) is 0.125. The number of carbonyl (C=O) groups is 2. The van der Waals surface area contributed by atoms with Gasteiger partial charge in [-0.2, -0.15) is 0 Å². The molecule has 1 aromatic heterocycles. The molecule has 23 heavy (non-hydrogen) atoms. The van der Waals surface area contributed by atoms with Gasteiger partial charge in [-0.3, -0.25) is 4.79 Å². The molecule has 3 rings (SSSR count). The number of hydrogen-bond donors (Lipinski definition) is 2. The van der Waals surface area contributed by atoms with Crippen LogP contribution in [0.1, 0.15) is 21.6 Å². The first kappa shape index (κ1) is 15.2. The number of ether oxygens (including phenoxy) is 2. The summed E-state index contributed by atoms with van der Waals surface area (Å²) in [7, 11) is 2.69. The van der Waals surface area contributed by atoms with E-state index < -0.39 is 5.97 Å². The summed E-state index contributed by atoms with van der Waals surface area (Å²) in [5, 5.41) is 2.94. The Kier molecular flexibility index (Phi) is 3.83. The average Bonchev–Trinajstić information content (AvgIpc) is 3.16. The molecule has 7 heteroatoms. The van der Waals surface area contributed by atoms with Crippen LogP contribution >= 0.6 is 11.6 Å². The Hall–Kier alpha value is -2.73. The van der Waals surface area contributed by atoms with Gasteiger partial charge < -0.3 is 19.8 Å². The van der Waals surface area contributed by atoms with E-state index in [0.717, 1.165) is 5.69 Å². The van der Waals surface area contributed by atoms with Gasteiger partial charge in [-0.05, 0) is 24.3 Å². The van der Waals surface area contributed by atoms with Crippen LogP contribution in [0.5, 0.6) is 5.75 Å². The standard InChI is InChI=1S/C16H13ClN2O4/c1-22-14-10(16(21)23-2)7-11(17)13-12(14)9(15(20)19-13)6-8-4-3-5-18-8/h3-7,18H,1-2H3,(H,19,20). The van der Waals surface area contributed by atoms with E-state index in [1.54, 1.807) is 12.3 Å². The number of benzene rings is 1. The van der Waals surface area contributed by atoms with E-state index in [2.05, 4.69) is 10.3 Å². The fourth-order valence-electron chi connectivity index (χ4n) is 2.51. The molecule has 0 saturated carbocycles. The highest BCUT2D eigenvalue weighted by atomic mass is 35.5. The number of anilines is 1. The number of hydrogen-bond acceptors (Lipinski definition) is 4. The van der Waals surface area contributed by atoms with Crippen LogP contribution in [0.3, 0.4) is 0 Å². The lowest BCUT2D eigenvalue weighted by Gasteiger charge is -2.13. The van der Waals surface area contributed by atoms with Crippen LogP contribution < -0.4 is 10.1 Å². The van der Waals surface area contributed by atoms with Gasteiger partial charge in [0.05, 0.1) is 36.1 Å². The van der Waals surface area contributed by atoms with E-state index in [1.165, 1.54) is 20.3 Å². The Morgan fingerprint density at radius 2 is 2.13 bits per heavy atom. The second kappa shape index (κ2) is 5.81. The lowest BCUT2D eigenvalue weighted by atomic mass is 10.0. The van der Waals surface area contributed by atoms with E-state index in [1.807, 2.05) is 12.1 Å². The van der Waals surface area contributed by atoms with Gasteiger partial charge in [0.2, 0.25) is 0 Å². The number of methoxy groups -OCH3 is 2. The Labute approximate surface area is 137 Å². The Morgan fingerprint density at radius 3 is 2.74 bits per heavy atom. The zero-order chi connectivity index (χ0) is 16.6. The third-order valence-corrected chi connectivity index (χ3v) is 3.81. The molecule has 0 aliphatic carbocycles. The number of esters is 1. The highest BCUT2D eigenvalue weighted by Gasteiger charge is 2.33. The molecular weight excluding hydrogens is 320 g/mol. The van der Waals surface area contributed by atoms with Crippen molar-refractivity contribution in [1.82, 2.24) is 4.98 Å². The second-order valence-corrected chi connectivity index (χ2v) is 5.23. The lowest BCUT2D eigenvalue weighted by molar-refractivity contribution is -0.110. The Balaban J connectivity index is 2.27. The fourth-order valence-corrected chi connectivity index (χ4v) is 2.76. The van der Waals surface area contributed by atoms with Crippen molar-refractivity contribution in [1.29, 1.82) is 0 Å². The van der Waals surface area contributed by atoms with Crippen LogP contribution in [0.4, 0.5) is 5.69 Å². The van der Waals surface area contributed by atoms with Gasteiger partial charge in [-0.1, -0.05) is 11.6 Å². The molecule has 1 aliphatic heterocycles. The van der Waals surface area contributed by atoms with E-state index in [-0.39, 0.29) is 22.2 Å². The summed E-state index contributed by atoms with van der Waals surface area (Å²) in [6, 6.07) is 5.05. The second-order valence-electron chi connectivity index (χ2n) is 4.82. The highest BCUT2D eigenvalue weighted by molar-refractivity contribution is 6.42. The maximum atomic E-state index is 12.3.